The molecule has 1 aliphatic rings. The zero-order valence-corrected chi connectivity index (χ0v) is 7.91. The van der Waals surface area contributed by atoms with Gasteiger partial charge in [-0.3, -0.25) is 0 Å². The van der Waals surface area contributed by atoms with Crippen molar-refractivity contribution in [2.75, 3.05) is 19.6 Å². The van der Waals surface area contributed by atoms with Gasteiger partial charge in [0.05, 0.1) is 0 Å². The van der Waals surface area contributed by atoms with Gasteiger partial charge in [0.1, 0.15) is 0 Å². The third kappa shape index (κ3) is 3.73. The second-order valence-corrected chi connectivity index (χ2v) is 4.63. The van der Waals surface area contributed by atoms with Gasteiger partial charge in [-0.25, -0.2) is 0 Å². The van der Waals surface area contributed by atoms with Crippen molar-refractivity contribution in [1.82, 2.24) is 10.6 Å². The Bertz CT molecular complexity index is 109. The fourth-order valence-electron chi connectivity index (χ4n) is 1.28. The Kier molecular flexibility index (Phi) is 2.90. The Morgan fingerprint density at radius 1 is 1.45 bits per heavy atom. The zero-order valence-electron chi connectivity index (χ0n) is 7.91. The van der Waals surface area contributed by atoms with Crippen molar-refractivity contribution in [3.05, 3.63) is 0 Å². The third-order valence-electron chi connectivity index (χ3n) is 1.98. The first-order valence-corrected chi connectivity index (χ1v) is 4.52. The van der Waals surface area contributed by atoms with Crippen molar-refractivity contribution >= 4 is 0 Å². The van der Waals surface area contributed by atoms with Gasteiger partial charge in [0.2, 0.25) is 0 Å². The fraction of sp³-hybridized carbons (Fsp3) is 1.00. The molecule has 1 atom stereocenters. The first-order valence-electron chi connectivity index (χ1n) is 4.52. The van der Waals surface area contributed by atoms with Crippen LogP contribution in [0.2, 0.25) is 0 Å². The van der Waals surface area contributed by atoms with Gasteiger partial charge in [0.15, 0.2) is 0 Å². The predicted octanol–water partition coefficient (Wildman–Crippen LogP) is 0.984. The average Bonchev–Trinajstić information content (AvgIpc) is 2.32. The van der Waals surface area contributed by atoms with Gasteiger partial charge in [-0.2, -0.15) is 0 Å². The molecule has 1 saturated heterocycles. The van der Waals surface area contributed by atoms with Crippen molar-refractivity contribution in [2.45, 2.75) is 33.2 Å². The Morgan fingerprint density at radius 3 is 2.64 bits per heavy atom. The molecule has 1 fully saturated rings. The van der Waals surface area contributed by atoms with Crippen LogP contribution in [0.3, 0.4) is 0 Å². The smallest absolute Gasteiger partial charge is 0.0204 e. The second kappa shape index (κ2) is 3.55. The minimum Gasteiger partial charge on any atom is -0.315 e. The highest BCUT2D eigenvalue weighted by Gasteiger charge is 2.16. The lowest BCUT2D eigenvalue weighted by Crippen LogP contribution is -2.36. The summed E-state index contributed by atoms with van der Waals surface area (Å²) >= 11 is 0. The van der Waals surface area contributed by atoms with Gasteiger partial charge in [0.25, 0.3) is 0 Å². The summed E-state index contributed by atoms with van der Waals surface area (Å²) in [5, 5.41) is 6.91. The van der Waals surface area contributed by atoms with E-state index in [1.807, 2.05) is 0 Å². The molecule has 0 aromatic carbocycles. The number of rotatable bonds is 2. The lowest BCUT2D eigenvalue weighted by atomic mass is 9.96. The minimum atomic E-state index is 0.419. The van der Waals surface area contributed by atoms with E-state index in [9.17, 15) is 0 Å². The van der Waals surface area contributed by atoms with E-state index in [4.69, 9.17) is 0 Å². The Labute approximate surface area is 69.8 Å². The highest BCUT2D eigenvalue weighted by molar-refractivity contribution is 4.79. The first-order chi connectivity index (χ1) is 5.08. The van der Waals surface area contributed by atoms with Crippen LogP contribution < -0.4 is 10.6 Å². The molecule has 1 heterocycles. The molecule has 0 bridgehead atoms. The van der Waals surface area contributed by atoms with Gasteiger partial charge >= 0.3 is 0 Å². The molecule has 0 unspecified atom stereocenters. The van der Waals surface area contributed by atoms with E-state index in [-0.39, 0.29) is 0 Å². The Morgan fingerprint density at radius 2 is 2.18 bits per heavy atom. The minimum absolute atomic E-state index is 0.419. The number of hydrogen-bond donors (Lipinski definition) is 2. The van der Waals surface area contributed by atoms with E-state index in [2.05, 4.69) is 31.4 Å². The maximum atomic E-state index is 3.56. The van der Waals surface area contributed by atoms with Crippen LogP contribution in [0.5, 0.6) is 0 Å². The highest BCUT2D eigenvalue weighted by atomic mass is 15.0. The average molecular weight is 156 g/mol. The number of nitrogens with one attached hydrogen (secondary N) is 2. The molecule has 0 aromatic rings. The van der Waals surface area contributed by atoms with E-state index in [0.29, 0.717) is 11.5 Å². The van der Waals surface area contributed by atoms with Crippen molar-refractivity contribution in [3.63, 3.8) is 0 Å². The molecule has 11 heavy (non-hydrogen) atoms. The van der Waals surface area contributed by atoms with Crippen molar-refractivity contribution in [3.8, 4) is 0 Å². The molecular formula is C9H20N2. The number of hydrogen-bond acceptors (Lipinski definition) is 2. The molecule has 0 radical (unpaired) electrons. The van der Waals surface area contributed by atoms with Crippen molar-refractivity contribution in [1.29, 1.82) is 0 Å². The SMILES string of the molecule is CC(C)(C)CN[C@H]1CCNC1. The molecule has 0 spiro atoms. The van der Waals surface area contributed by atoms with Crippen LogP contribution in [0.1, 0.15) is 27.2 Å². The zero-order chi connectivity index (χ0) is 8.32. The topological polar surface area (TPSA) is 24.1 Å². The molecule has 2 heteroatoms. The van der Waals surface area contributed by atoms with Crippen LogP contribution >= 0.6 is 0 Å². The lowest BCUT2D eigenvalue weighted by molar-refractivity contribution is 0.356. The van der Waals surface area contributed by atoms with Gasteiger partial charge in [-0.1, -0.05) is 20.8 Å². The van der Waals surface area contributed by atoms with E-state index in [1.54, 1.807) is 0 Å². The van der Waals surface area contributed by atoms with Crippen LogP contribution in [-0.4, -0.2) is 25.7 Å². The summed E-state index contributed by atoms with van der Waals surface area (Å²) < 4.78 is 0. The normalized spacial score (nSPS) is 25.9. The van der Waals surface area contributed by atoms with Gasteiger partial charge < -0.3 is 10.6 Å². The van der Waals surface area contributed by atoms with Crippen LogP contribution in [0, 0.1) is 5.41 Å². The van der Waals surface area contributed by atoms with Gasteiger partial charge in [0, 0.05) is 19.1 Å². The predicted molar refractivity (Wildman–Crippen MR) is 48.7 cm³/mol. The molecule has 1 rings (SSSR count). The summed E-state index contributed by atoms with van der Waals surface area (Å²) in [6.45, 7) is 10.3. The van der Waals surface area contributed by atoms with E-state index in [1.165, 1.54) is 13.0 Å². The molecule has 66 valence electrons. The van der Waals surface area contributed by atoms with Gasteiger partial charge in [-0.15, -0.1) is 0 Å². The molecule has 0 aliphatic carbocycles. The molecule has 2 N–H and O–H groups in total. The molecular weight excluding hydrogens is 136 g/mol. The molecule has 1 aliphatic heterocycles. The van der Waals surface area contributed by atoms with E-state index < -0.39 is 0 Å². The van der Waals surface area contributed by atoms with E-state index in [0.717, 1.165) is 13.1 Å². The standard InChI is InChI=1S/C9H20N2/c1-9(2,3)7-11-8-4-5-10-6-8/h8,10-11H,4-7H2,1-3H3/t8-/m0/s1. The van der Waals surface area contributed by atoms with Crippen molar-refractivity contribution < 1.29 is 0 Å². The highest BCUT2D eigenvalue weighted by Crippen LogP contribution is 2.11. The fourth-order valence-corrected chi connectivity index (χ4v) is 1.28. The lowest BCUT2D eigenvalue weighted by Gasteiger charge is -2.21. The summed E-state index contributed by atoms with van der Waals surface area (Å²) in [5.74, 6) is 0. The summed E-state index contributed by atoms with van der Waals surface area (Å²) in [6.07, 6.45) is 1.29. The summed E-state index contributed by atoms with van der Waals surface area (Å²) in [5.41, 5.74) is 0.419. The maximum absolute atomic E-state index is 3.56. The largest absolute Gasteiger partial charge is 0.315 e. The maximum Gasteiger partial charge on any atom is 0.0204 e. The van der Waals surface area contributed by atoms with Crippen LogP contribution in [-0.2, 0) is 0 Å². The Hall–Kier alpha value is -0.0800. The first kappa shape index (κ1) is 9.01. The van der Waals surface area contributed by atoms with Crippen LogP contribution in [0.15, 0.2) is 0 Å². The van der Waals surface area contributed by atoms with Crippen LogP contribution in [0.4, 0.5) is 0 Å². The summed E-state index contributed by atoms with van der Waals surface area (Å²) in [6, 6.07) is 0.717. The van der Waals surface area contributed by atoms with Gasteiger partial charge in [-0.05, 0) is 18.4 Å². The summed E-state index contributed by atoms with van der Waals surface area (Å²) in [4.78, 5) is 0. The third-order valence-corrected chi connectivity index (χ3v) is 1.98. The summed E-state index contributed by atoms with van der Waals surface area (Å²) in [7, 11) is 0. The molecule has 0 saturated carbocycles. The quantitative estimate of drug-likeness (QED) is 0.623. The molecule has 2 nitrogen and oxygen atoms in total. The Balaban J connectivity index is 2.11. The van der Waals surface area contributed by atoms with Crippen molar-refractivity contribution in [2.24, 2.45) is 5.41 Å². The van der Waals surface area contributed by atoms with E-state index >= 15 is 0 Å². The van der Waals surface area contributed by atoms with Crippen LogP contribution in [0.25, 0.3) is 0 Å². The monoisotopic (exact) mass is 156 g/mol. The molecule has 0 amide bonds. The second-order valence-electron chi connectivity index (χ2n) is 4.63. The molecule has 0 aromatic heterocycles.